The van der Waals surface area contributed by atoms with Crippen LogP contribution in [-0.4, -0.2) is 47.4 Å². The summed E-state index contributed by atoms with van der Waals surface area (Å²) in [6.07, 6.45) is -0.687. The Morgan fingerprint density at radius 2 is 1.86 bits per heavy atom. The molecule has 1 aliphatic rings. The van der Waals surface area contributed by atoms with Gasteiger partial charge >= 0.3 is 6.09 Å². The van der Waals surface area contributed by atoms with Gasteiger partial charge < -0.3 is 14.8 Å². The second-order valence-corrected chi connectivity index (χ2v) is 10.7. The zero-order valence-corrected chi connectivity index (χ0v) is 21.8. The smallest absolute Gasteiger partial charge is 0.407 e. The number of halogens is 2. The monoisotopic (exact) mass is 519 g/mol. The van der Waals surface area contributed by atoms with Crippen LogP contribution >= 0.6 is 11.8 Å². The van der Waals surface area contributed by atoms with Gasteiger partial charge in [-0.15, -0.1) is 0 Å². The van der Waals surface area contributed by atoms with Gasteiger partial charge in [0.15, 0.2) is 0 Å². The number of alkyl carbamates (subject to hydrolysis) is 1. The van der Waals surface area contributed by atoms with Crippen LogP contribution in [0.2, 0.25) is 0 Å². The number of hydrogen-bond donors (Lipinski definition) is 1. The second-order valence-electron chi connectivity index (χ2n) is 9.42. The maximum absolute atomic E-state index is 14.7. The Hall–Kier alpha value is -2.98. The number of amides is 2. The van der Waals surface area contributed by atoms with Crippen molar-refractivity contribution in [1.29, 1.82) is 0 Å². The number of carbonyl (C=O) groups excluding carboxylic acids is 2. The van der Waals surface area contributed by atoms with Crippen LogP contribution in [-0.2, 0) is 19.1 Å². The van der Waals surface area contributed by atoms with E-state index in [-0.39, 0.29) is 17.2 Å². The van der Waals surface area contributed by atoms with Gasteiger partial charge in [-0.25, -0.2) is 18.6 Å². The summed E-state index contributed by atoms with van der Waals surface area (Å²) >= 11 is 1.16. The maximum atomic E-state index is 14.7. The fraction of sp³-hybridized carbons (Fsp3) is 0.423. The second kappa shape index (κ2) is 11.4. The van der Waals surface area contributed by atoms with E-state index < -0.39 is 40.1 Å². The summed E-state index contributed by atoms with van der Waals surface area (Å²) in [7, 11) is 1.41. The number of methoxy groups -OCH3 is 1. The molecule has 0 fully saturated rings. The maximum Gasteiger partial charge on any atom is 0.407 e. The Bertz CT molecular complexity index is 1120. The third-order valence-electron chi connectivity index (χ3n) is 5.46. The minimum Gasteiger partial charge on any atom is -0.450 e. The van der Waals surface area contributed by atoms with Crippen LogP contribution in [0.5, 0.6) is 0 Å². The van der Waals surface area contributed by atoms with E-state index in [9.17, 15) is 18.4 Å². The third-order valence-corrected chi connectivity index (χ3v) is 6.91. The van der Waals surface area contributed by atoms with Crippen molar-refractivity contribution >= 4 is 28.8 Å². The van der Waals surface area contributed by atoms with Crippen molar-refractivity contribution in [2.75, 3.05) is 13.7 Å². The first-order valence-electron chi connectivity index (χ1n) is 11.6. The summed E-state index contributed by atoms with van der Waals surface area (Å²) in [5.41, 5.74) is 0.254. The standard InChI is InChI=1S/C26H31F2N3O4S/c1-17(34-5)23(32)31-26(18-10-7-6-8-11-18,14-9-15-35-24(33)29-25(2,3)4)36-22(30-31)20-16-19(27)12-13-21(20)28/h6-8,10-13,16-17H,9,14-15H2,1-5H3,(H,29,33)/t17-,26+/m0/s1. The number of nitrogens with zero attached hydrogens (tertiary/aromatic N) is 2. The lowest BCUT2D eigenvalue weighted by molar-refractivity contribution is -0.144. The fourth-order valence-electron chi connectivity index (χ4n) is 3.67. The first kappa shape index (κ1) is 27.6. The van der Waals surface area contributed by atoms with Crippen LogP contribution in [0.3, 0.4) is 0 Å². The molecule has 0 saturated heterocycles. The number of thioether (sulfide) groups is 1. The third kappa shape index (κ3) is 6.41. The van der Waals surface area contributed by atoms with Gasteiger partial charge in [0.2, 0.25) is 0 Å². The van der Waals surface area contributed by atoms with Gasteiger partial charge in [-0.3, -0.25) is 4.79 Å². The van der Waals surface area contributed by atoms with Gasteiger partial charge in [0.05, 0.1) is 6.61 Å². The van der Waals surface area contributed by atoms with Crippen molar-refractivity contribution in [1.82, 2.24) is 10.3 Å². The van der Waals surface area contributed by atoms with E-state index >= 15 is 0 Å². The highest BCUT2D eigenvalue weighted by molar-refractivity contribution is 8.15. The minimum atomic E-state index is -1.09. The molecule has 2 atom stereocenters. The molecule has 0 saturated carbocycles. The molecule has 2 amide bonds. The Morgan fingerprint density at radius 3 is 2.50 bits per heavy atom. The lowest BCUT2D eigenvalue weighted by atomic mass is 10.00. The van der Waals surface area contributed by atoms with E-state index in [4.69, 9.17) is 9.47 Å². The van der Waals surface area contributed by atoms with E-state index in [0.717, 1.165) is 35.5 Å². The average Bonchev–Trinajstić information content (AvgIpc) is 3.22. The number of ether oxygens (including phenoxy) is 2. The van der Waals surface area contributed by atoms with Crippen molar-refractivity contribution in [3.05, 3.63) is 71.3 Å². The number of hydrogen-bond acceptors (Lipinski definition) is 6. The van der Waals surface area contributed by atoms with E-state index in [1.165, 1.54) is 12.1 Å². The van der Waals surface area contributed by atoms with Crippen molar-refractivity contribution in [2.45, 2.75) is 57.1 Å². The van der Waals surface area contributed by atoms with Crippen molar-refractivity contribution in [3.63, 3.8) is 0 Å². The van der Waals surface area contributed by atoms with Gasteiger partial charge in [-0.1, -0.05) is 42.1 Å². The normalized spacial score (nSPS) is 18.5. The lowest BCUT2D eigenvalue weighted by Gasteiger charge is -2.36. The van der Waals surface area contributed by atoms with Crippen LogP contribution < -0.4 is 5.32 Å². The molecule has 2 aromatic rings. The summed E-state index contributed by atoms with van der Waals surface area (Å²) in [6, 6.07) is 12.3. The first-order valence-corrected chi connectivity index (χ1v) is 12.4. The summed E-state index contributed by atoms with van der Waals surface area (Å²) in [4.78, 5) is 24.4. The fourth-order valence-corrected chi connectivity index (χ4v) is 5.09. The van der Waals surface area contributed by atoms with E-state index in [1.54, 1.807) is 6.92 Å². The summed E-state index contributed by atoms with van der Waals surface area (Å²) in [5.74, 6) is -1.71. The molecule has 0 aromatic heterocycles. The number of hydrazone groups is 1. The first-order chi connectivity index (χ1) is 17.0. The highest BCUT2D eigenvalue weighted by Gasteiger charge is 2.49. The summed E-state index contributed by atoms with van der Waals surface area (Å²) in [6.45, 7) is 7.22. The molecule has 2 aromatic carbocycles. The number of nitrogens with one attached hydrogen (secondary N) is 1. The molecule has 7 nitrogen and oxygen atoms in total. The van der Waals surface area contributed by atoms with Crippen molar-refractivity contribution < 1.29 is 27.8 Å². The van der Waals surface area contributed by atoms with Crippen LogP contribution in [0.4, 0.5) is 13.6 Å². The van der Waals surface area contributed by atoms with Crippen LogP contribution in [0.1, 0.15) is 51.7 Å². The zero-order valence-electron chi connectivity index (χ0n) is 21.0. The average molecular weight is 520 g/mol. The highest BCUT2D eigenvalue weighted by atomic mass is 32.2. The summed E-state index contributed by atoms with van der Waals surface area (Å²) < 4.78 is 39.3. The number of carbonyl (C=O) groups is 2. The molecular weight excluding hydrogens is 488 g/mol. The molecule has 0 unspecified atom stereocenters. The molecule has 10 heteroatoms. The Labute approximate surface area is 214 Å². The minimum absolute atomic E-state index is 0.0403. The molecule has 36 heavy (non-hydrogen) atoms. The van der Waals surface area contributed by atoms with Crippen LogP contribution in [0.15, 0.2) is 53.6 Å². The predicted molar refractivity (Wildman–Crippen MR) is 135 cm³/mol. The molecule has 194 valence electrons. The summed E-state index contributed by atoms with van der Waals surface area (Å²) in [5, 5.41) is 8.66. The molecule has 1 aliphatic heterocycles. The van der Waals surface area contributed by atoms with Crippen LogP contribution in [0.25, 0.3) is 0 Å². The van der Waals surface area contributed by atoms with E-state index in [2.05, 4.69) is 10.4 Å². The molecular formula is C26H31F2N3O4S. The number of benzene rings is 2. The molecule has 1 N–H and O–H groups in total. The SMILES string of the molecule is CO[C@@H](C)C(=O)N1N=C(c2cc(F)ccc2F)S[C@]1(CCCOC(=O)NC(C)(C)C)c1ccccc1. The zero-order chi connectivity index (χ0) is 26.5. The molecule has 3 rings (SSSR count). The number of rotatable bonds is 8. The molecule has 0 radical (unpaired) electrons. The van der Waals surface area contributed by atoms with Gasteiger partial charge in [0, 0.05) is 18.2 Å². The topological polar surface area (TPSA) is 80.2 Å². The van der Waals surface area contributed by atoms with Gasteiger partial charge in [-0.05, 0) is 64.3 Å². The lowest BCUT2D eigenvalue weighted by Crippen LogP contribution is -2.46. The Kier molecular flexibility index (Phi) is 8.73. The Morgan fingerprint density at radius 1 is 1.17 bits per heavy atom. The molecule has 0 bridgehead atoms. The van der Waals surface area contributed by atoms with Gasteiger partial charge in [0.25, 0.3) is 5.91 Å². The molecule has 1 heterocycles. The highest BCUT2D eigenvalue weighted by Crippen LogP contribution is 2.51. The quantitative estimate of drug-likeness (QED) is 0.473. The molecule has 0 spiro atoms. The largest absolute Gasteiger partial charge is 0.450 e. The van der Waals surface area contributed by atoms with Gasteiger partial charge in [0.1, 0.15) is 27.7 Å². The van der Waals surface area contributed by atoms with E-state index in [0.29, 0.717) is 12.8 Å². The van der Waals surface area contributed by atoms with Crippen LogP contribution in [0, 0.1) is 11.6 Å². The molecule has 0 aliphatic carbocycles. The van der Waals surface area contributed by atoms with Gasteiger partial charge in [-0.2, -0.15) is 5.10 Å². The van der Waals surface area contributed by atoms with E-state index in [1.807, 2.05) is 51.1 Å². The van der Waals surface area contributed by atoms with Crippen molar-refractivity contribution in [2.24, 2.45) is 5.10 Å². The predicted octanol–water partition coefficient (Wildman–Crippen LogP) is 5.39. The van der Waals surface area contributed by atoms with Crippen molar-refractivity contribution in [3.8, 4) is 0 Å². The Balaban J connectivity index is 1.96.